The summed E-state index contributed by atoms with van der Waals surface area (Å²) in [4.78, 5) is 13.9. The van der Waals surface area contributed by atoms with Crippen LogP contribution in [0.5, 0.6) is 0 Å². The second-order valence-electron chi connectivity index (χ2n) is 5.59. The summed E-state index contributed by atoms with van der Waals surface area (Å²) in [5, 5.41) is 0. The Morgan fingerprint density at radius 2 is 1.84 bits per heavy atom. The van der Waals surface area contributed by atoms with Gasteiger partial charge in [0.15, 0.2) is 0 Å². The molecule has 1 heterocycles. The van der Waals surface area contributed by atoms with Crippen LogP contribution < -0.4 is 0 Å². The van der Waals surface area contributed by atoms with Crippen LogP contribution in [0.4, 0.5) is 4.79 Å². The Morgan fingerprint density at radius 3 is 2.53 bits per heavy atom. The molecule has 3 rings (SSSR count). The van der Waals surface area contributed by atoms with Crippen LogP contribution in [-0.2, 0) is 11.3 Å². The van der Waals surface area contributed by atoms with Gasteiger partial charge < -0.3 is 4.74 Å². The molecule has 0 bridgehead atoms. The van der Waals surface area contributed by atoms with E-state index in [1.54, 1.807) is 0 Å². The quantitative estimate of drug-likeness (QED) is 0.737. The van der Waals surface area contributed by atoms with Crippen molar-refractivity contribution in [3.05, 3.63) is 33.4 Å². The fourth-order valence-corrected chi connectivity index (χ4v) is 3.44. The molecule has 2 aliphatic rings. The number of carbonyl (C=O) groups is 1. The Kier molecular flexibility index (Phi) is 3.69. The molecular formula is C15H18INO2. The number of benzene rings is 1. The largest absolute Gasteiger partial charge is 0.441 e. The van der Waals surface area contributed by atoms with Crippen LogP contribution in [0.1, 0.15) is 37.7 Å². The standard InChI is InChI=1S/C15H18INO2/c16-13-6-4-12(5-7-13)10-17-11-15(19-14(17)18)8-2-1-3-9-15/h4-7H,1-3,8-11H2. The third-order valence-corrected chi connectivity index (χ3v) is 4.81. The lowest BCUT2D eigenvalue weighted by Gasteiger charge is -2.30. The van der Waals surface area contributed by atoms with Crippen molar-refractivity contribution in [2.75, 3.05) is 6.54 Å². The van der Waals surface area contributed by atoms with Gasteiger partial charge in [-0.15, -0.1) is 0 Å². The Bertz CT molecular complexity index is 466. The lowest BCUT2D eigenvalue weighted by atomic mass is 9.85. The summed E-state index contributed by atoms with van der Waals surface area (Å²) in [6.45, 7) is 1.43. The number of halogens is 1. The van der Waals surface area contributed by atoms with E-state index in [1.807, 2.05) is 4.90 Å². The van der Waals surface area contributed by atoms with Crippen molar-refractivity contribution >= 4 is 28.7 Å². The number of rotatable bonds is 2. The molecule has 1 aromatic carbocycles. The average Bonchev–Trinajstić information content (AvgIpc) is 2.69. The predicted molar refractivity (Wildman–Crippen MR) is 81.9 cm³/mol. The van der Waals surface area contributed by atoms with Crippen LogP contribution in [-0.4, -0.2) is 23.1 Å². The SMILES string of the molecule is O=C1OC2(CCCCC2)CN1Cc1ccc(I)cc1. The van der Waals surface area contributed by atoms with E-state index in [1.165, 1.54) is 28.4 Å². The minimum absolute atomic E-state index is 0.138. The molecule has 1 spiro atoms. The van der Waals surface area contributed by atoms with Crippen LogP contribution in [0.25, 0.3) is 0 Å². The fraction of sp³-hybridized carbons (Fsp3) is 0.533. The minimum Gasteiger partial charge on any atom is -0.441 e. The summed E-state index contributed by atoms with van der Waals surface area (Å²) in [5.74, 6) is 0. The van der Waals surface area contributed by atoms with Crippen molar-refractivity contribution in [2.45, 2.75) is 44.2 Å². The van der Waals surface area contributed by atoms with Crippen molar-refractivity contribution in [3.8, 4) is 0 Å². The molecular weight excluding hydrogens is 353 g/mol. The van der Waals surface area contributed by atoms with Gasteiger partial charge in [-0.05, 0) is 66.0 Å². The Morgan fingerprint density at radius 1 is 1.16 bits per heavy atom. The number of hydrogen-bond acceptors (Lipinski definition) is 2. The van der Waals surface area contributed by atoms with Gasteiger partial charge in [0.05, 0.1) is 6.54 Å². The smallest absolute Gasteiger partial charge is 0.410 e. The summed E-state index contributed by atoms with van der Waals surface area (Å²) in [6, 6.07) is 8.32. The van der Waals surface area contributed by atoms with Gasteiger partial charge in [-0.3, -0.25) is 4.90 Å². The highest BCUT2D eigenvalue weighted by Gasteiger charge is 2.45. The Labute approximate surface area is 127 Å². The van der Waals surface area contributed by atoms with Crippen LogP contribution in [0, 0.1) is 3.57 Å². The van der Waals surface area contributed by atoms with E-state index < -0.39 is 0 Å². The molecule has 0 N–H and O–H groups in total. The molecule has 0 atom stereocenters. The van der Waals surface area contributed by atoms with Crippen molar-refractivity contribution in [2.24, 2.45) is 0 Å². The van der Waals surface area contributed by atoms with Gasteiger partial charge in [0.1, 0.15) is 5.60 Å². The number of amides is 1. The third-order valence-electron chi connectivity index (χ3n) is 4.09. The van der Waals surface area contributed by atoms with Gasteiger partial charge >= 0.3 is 6.09 Å². The van der Waals surface area contributed by atoms with Crippen LogP contribution in [0.2, 0.25) is 0 Å². The van der Waals surface area contributed by atoms with Gasteiger partial charge in [0.2, 0.25) is 0 Å². The Hall–Kier alpha value is -0.780. The van der Waals surface area contributed by atoms with Crippen LogP contribution >= 0.6 is 22.6 Å². The molecule has 19 heavy (non-hydrogen) atoms. The second-order valence-corrected chi connectivity index (χ2v) is 6.84. The van der Waals surface area contributed by atoms with E-state index in [0.717, 1.165) is 19.4 Å². The van der Waals surface area contributed by atoms with Crippen molar-refractivity contribution in [3.63, 3.8) is 0 Å². The van der Waals surface area contributed by atoms with E-state index in [9.17, 15) is 4.79 Å². The van der Waals surface area contributed by atoms with Crippen LogP contribution in [0.15, 0.2) is 24.3 Å². The van der Waals surface area contributed by atoms with E-state index in [0.29, 0.717) is 6.54 Å². The van der Waals surface area contributed by atoms with Crippen LogP contribution in [0.3, 0.4) is 0 Å². The van der Waals surface area contributed by atoms with Gasteiger partial charge in [-0.25, -0.2) is 4.79 Å². The molecule has 1 saturated carbocycles. The lowest BCUT2D eigenvalue weighted by molar-refractivity contribution is 0.0260. The van der Waals surface area contributed by atoms with Gasteiger partial charge in [0.25, 0.3) is 0 Å². The molecule has 1 aromatic rings. The highest BCUT2D eigenvalue weighted by atomic mass is 127. The first-order valence-electron chi connectivity index (χ1n) is 6.89. The lowest BCUT2D eigenvalue weighted by Crippen LogP contribution is -2.36. The van der Waals surface area contributed by atoms with Gasteiger partial charge in [-0.1, -0.05) is 18.6 Å². The summed E-state index contributed by atoms with van der Waals surface area (Å²) < 4.78 is 6.90. The zero-order valence-corrected chi connectivity index (χ0v) is 13.1. The fourth-order valence-electron chi connectivity index (χ4n) is 3.08. The average molecular weight is 371 g/mol. The first-order valence-corrected chi connectivity index (χ1v) is 7.97. The zero-order chi connectivity index (χ0) is 13.3. The summed E-state index contributed by atoms with van der Waals surface area (Å²) in [6.07, 6.45) is 5.57. The monoisotopic (exact) mass is 371 g/mol. The highest BCUT2D eigenvalue weighted by molar-refractivity contribution is 14.1. The molecule has 1 saturated heterocycles. The predicted octanol–water partition coefficient (Wildman–Crippen LogP) is 3.95. The topological polar surface area (TPSA) is 29.5 Å². The maximum atomic E-state index is 12.0. The molecule has 0 radical (unpaired) electrons. The van der Waals surface area contributed by atoms with E-state index >= 15 is 0 Å². The summed E-state index contributed by atoms with van der Waals surface area (Å²) in [7, 11) is 0. The Balaban J connectivity index is 1.68. The molecule has 1 aliphatic carbocycles. The molecule has 3 nitrogen and oxygen atoms in total. The summed E-state index contributed by atoms with van der Waals surface area (Å²) in [5.41, 5.74) is 0.989. The summed E-state index contributed by atoms with van der Waals surface area (Å²) >= 11 is 2.29. The zero-order valence-electron chi connectivity index (χ0n) is 10.9. The second kappa shape index (κ2) is 5.31. The molecule has 102 valence electrons. The maximum absolute atomic E-state index is 12.0. The highest BCUT2D eigenvalue weighted by Crippen LogP contribution is 2.37. The van der Waals surface area contributed by atoms with Crippen molar-refractivity contribution in [1.82, 2.24) is 4.90 Å². The molecule has 1 amide bonds. The number of hydrogen-bond donors (Lipinski definition) is 0. The third kappa shape index (κ3) is 2.88. The van der Waals surface area contributed by atoms with E-state index in [2.05, 4.69) is 46.9 Å². The number of ether oxygens (including phenoxy) is 1. The van der Waals surface area contributed by atoms with Crippen molar-refractivity contribution < 1.29 is 9.53 Å². The first kappa shape index (κ1) is 13.2. The van der Waals surface area contributed by atoms with E-state index in [-0.39, 0.29) is 11.7 Å². The minimum atomic E-state index is -0.182. The number of nitrogens with zero attached hydrogens (tertiary/aromatic N) is 1. The van der Waals surface area contributed by atoms with Gasteiger partial charge in [-0.2, -0.15) is 0 Å². The van der Waals surface area contributed by atoms with E-state index in [4.69, 9.17) is 4.74 Å². The number of carbonyl (C=O) groups excluding carboxylic acids is 1. The molecule has 0 aromatic heterocycles. The first-order chi connectivity index (χ1) is 9.17. The molecule has 1 aliphatic heterocycles. The normalized spacial score (nSPS) is 21.7. The van der Waals surface area contributed by atoms with Crippen molar-refractivity contribution in [1.29, 1.82) is 0 Å². The molecule has 4 heteroatoms. The van der Waals surface area contributed by atoms with Gasteiger partial charge in [0, 0.05) is 10.1 Å². The maximum Gasteiger partial charge on any atom is 0.410 e. The molecule has 0 unspecified atom stereocenters. The molecule has 2 fully saturated rings.